The Labute approximate surface area is 319 Å². The van der Waals surface area contributed by atoms with Gasteiger partial charge in [-0.1, -0.05) is 158 Å². The quantitative estimate of drug-likeness (QED) is 0.166. The van der Waals surface area contributed by atoms with Crippen LogP contribution in [-0.4, -0.2) is 15.0 Å². The third kappa shape index (κ3) is 6.26. The lowest BCUT2D eigenvalue weighted by Crippen LogP contribution is -2.00. The standard InChI is InChI=1S/C51H33N3O/c1-5-16-34(17-6-1)40-29-41(35-18-7-2-8-19-35)31-42(30-40)43-32-45(48-44-26-13-14-27-46(44)55-47(48)33-43)38-24-15-25-39(28-38)51-53-49(36-20-9-3-10-21-36)52-50(54-51)37-22-11-4-12-23-37/h1-33H. The maximum atomic E-state index is 6.62. The molecule has 0 aliphatic carbocycles. The van der Waals surface area contributed by atoms with Crippen molar-refractivity contribution in [2.45, 2.75) is 0 Å². The van der Waals surface area contributed by atoms with Crippen LogP contribution in [0.2, 0.25) is 0 Å². The molecule has 0 aliphatic rings. The normalized spacial score (nSPS) is 11.3. The maximum Gasteiger partial charge on any atom is 0.164 e. The van der Waals surface area contributed by atoms with E-state index in [0.717, 1.165) is 72.0 Å². The molecule has 0 spiro atoms. The van der Waals surface area contributed by atoms with E-state index in [4.69, 9.17) is 19.4 Å². The van der Waals surface area contributed by atoms with Gasteiger partial charge in [-0.25, -0.2) is 15.0 Å². The van der Waals surface area contributed by atoms with E-state index < -0.39 is 0 Å². The Morgan fingerprint density at radius 3 is 1.24 bits per heavy atom. The highest BCUT2D eigenvalue weighted by Gasteiger charge is 2.18. The minimum Gasteiger partial charge on any atom is -0.456 e. The van der Waals surface area contributed by atoms with E-state index in [-0.39, 0.29) is 0 Å². The average molecular weight is 704 g/mol. The zero-order valence-corrected chi connectivity index (χ0v) is 29.8. The smallest absolute Gasteiger partial charge is 0.164 e. The lowest BCUT2D eigenvalue weighted by atomic mass is 9.90. The van der Waals surface area contributed by atoms with Crippen LogP contribution in [0.4, 0.5) is 0 Å². The van der Waals surface area contributed by atoms with Crippen LogP contribution in [0, 0.1) is 0 Å². The van der Waals surface area contributed by atoms with Crippen molar-refractivity contribution in [3.63, 3.8) is 0 Å². The van der Waals surface area contributed by atoms with Gasteiger partial charge in [0.05, 0.1) is 0 Å². The maximum absolute atomic E-state index is 6.62. The van der Waals surface area contributed by atoms with Crippen LogP contribution in [0.5, 0.6) is 0 Å². The molecule has 0 atom stereocenters. The van der Waals surface area contributed by atoms with Crippen molar-refractivity contribution in [3.8, 4) is 78.7 Å². The molecule has 0 radical (unpaired) electrons. The van der Waals surface area contributed by atoms with Gasteiger partial charge in [-0.15, -0.1) is 0 Å². The van der Waals surface area contributed by atoms with Crippen molar-refractivity contribution in [2.24, 2.45) is 0 Å². The molecule has 10 rings (SSSR count). The lowest BCUT2D eigenvalue weighted by Gasteiger charge is -2.14. The Balaban J connectivity index is 1.18. The van der Waals surface area contributed by atoms with Crippen LogP contribution in [-0.2, 0) is 0 Å². The van der Waals surface area contributed by atoms with Gasteiger partial charge >= 0.3 is 0 Å². The Bertz CT molecular complexity index is 2840. The monoisotopic (exact) mass is 703 g/mol. The van der Waals surface area contributed by atoms with Crippen LogP contribution < -0.4 is 0 Å². The lowest BCUT2D eigenvalue weighted by molar-refractivity contribution is 0.669. The zero-order chi connectivity index (χ0) is 36.6. The molecule has 4 heteroatoms. The number of furan rings is 1. The van der Waals surface area contributed by atoms with Gasteiger partial charge < -0.3 is 4.42 Å². The van der Waals surface area contributed by atoms with Gasteiger partial charge in [0.15, 0.2) is 17.5 Å². The fourth-order valence-corrected chi connectivity index (χ4v) is 7.40. The summed E-state index contributed by atoms with van der Waals surface area (Å²) in [5.41, 5.74) is 13.4. The van der Waals surface area contributed by atoms with E-state index in [0.29, 0.717) is 17.5 Å². The van der Waals surface area contributed by atoms with Crippen molar-refractivity contribution in [2.75, 3.05) is 0 Å². The van der Waals surface area contributed by atoms with Gasteiger partial charge in [0.2, 0.25) is 0 Å². The highest BCUT2D eigenvalue weighted by molar-refractivity contribution is 6.14. The molecular formula is C51H33N3O. The van der Waals surface area contributed by atoms with Crippen LogP contribution in [0.15, 0.2) is 205 Å². The van der Waals surface area contributed by atoms with Gasteiger partial charge in [-0.3, -0.25) is 0 Å². The topological polar surface area (TPSA) is 51.8 Å². The fourth-order valence-electron chi connectivity index (χ4n) is 7.40. The number of fused-ring (bicyclic) bond motifs is 3. The van der Waals surface area contributed by atoms with Crippen molar-refractivity contribution >= 4 is 21.9 Å². The first kappa shape index (κ1) is 32.2. The Kier molecular flexibility index (Phi) is 8.12. The summed E-state index contributed by atoms with van der Waals surface area (Å²) in [5.74, 6) is 1.88. The molecule has 0 saturated carbocycles. The van der Waals surface area contributed by atoms with Crippen molar-refractivity contribution in [1.29, 1.82) is 0 Å². The van der Waals surface area contributed by atoms with E-state index in [1.165, 1.54) is 11.1 Å². The highest BCUT2D eigenvalue weighted by Crippen LogP contribution is 2.42. The molecule has 8 aromatic carbocycles. The molecule has 0 N–H and O–H groups in total. The number of para-hydroxylation sites is 1. The van der Waals surface area contributed by atoms with Gasteiger partial charge in [-0.2, -0.15) is 0 Å². The summed E-state index contributed by atoms with van der Waals surface area (Å²) in [4.78, 5) is 15.0. The Morgan fingerprint density at radius 2 is 0.673 bits per heavy atom. The molecule has 0 aliphatic heterocycles. The van der Waals surface area contributed by atoms with Crippen LogP contribution in [0.25, 0.3) is 101 Å². The predicted molar refractivity (Wildman–Crippen MR) is 225 cm³/mol. The molecule has 4 nitrogen and oxygen atoms in total. The summed E-state index contributed by atoms with van der Waals surface area (Å²) in [6.45, 7) is 0. The fraction of sp³-hybridized carbons (Fsp3) is 0. The molecule has 10 aromatic rings. The first-order valence-electron chi connectivity index (χ1n) is 18.4. The first-order valence-corrected chi connectivity index (χ1v) is 18.4. The number of hydrogen-bond donors (Lipinski definition) is 0. The second-order valence-electron chi connectivity index (χ2n) is 13.6. The van der Waals surface area contributed by atoms with Crippen LogP contribution in [0.1, 0.15) is 0 Å². The van der Waals surface area contributed by atoms with E-state index in [1.54, 1.807) is 0 Å². The summed E-state index contributed by atoms with van der Waals surface area (Å²) in [6, 6.07) is 69.5. The van der Waals surface area contributed by atoms with Gasteiger partial charge in [0.25, 0.3) is 0 Å². The molecule has 55 heavy (non-hydrogen) atoms. The average Bonchev–Trinajstić information content (AvgIpc) is 3.66. The zero-order valence-electron chi connectivity index (χ0n) is 29.8. The number of benzene rings is 8. The number of rotatable bonds is 7. The second kappa shape index (κ2) is 13.8. The third-order valence-corrected chi connectivity index (χ3v) is 10.1. The summed E-state index contributed by atoms with van der Waals surface area (Å²) in [5, 5.41) is 2.15. The first-order chi connectivity index (χ1) is 27.2. The molecule has 0 saturated heterocycles. The molecule has 0 unspecified atom stereocenters. The van der Waals surface area contributed by atoms with E-state index >= 15 is 0 Å². The molecule has 0 amide bonds. The molecule has 258 valence electrons. The molecule has 0 fully saturated rings. The summed E-state index contributed by atoms with van der Waals surface area (Å²) >= 11 is 0. The van der Waals surface area contributed by atoms with Crippen molar-refractivity contribution < 1.29 is 4.42 Å². The SMILES string of the molecule is c1ccc(-c2cc(-c3ccccc3)cc(-c3cc(-c4cccc(-c5nc(-c6ccccc6)nc(-c6ccccc6)n5)c4)c4c(c3)oc3ccccc34)c2)cc1. The van der Waals surface area contributed by atoms with Crippen molar-refractivity contribution in [3.05, 3.63) is 200 Å². The van der Waals surface area contributed by atoms with E-state index in [1.807, 2.05) is 72.8 Å². The number of nitrogens with zero attached hydrogens (tertiary/aromatic N) is 3. The Morgan fingerprint density at radius 1 is 0.273 bits per heavy atom. The minimum atomic E-state index is 0.613. The Hall–Kier alpha value is -7.43. The third-order valence-electron chi connectivity index (χ3n) is 10.1. The summed E-state index contributed by atoms with van der Waals surface area (Å²) < 4.78 is 6.62. The molecule has 0 bridgehead atoms. The second-order valence-corrected chi connectivity index (χ2v) is 13.6. The molecule has 2 aromatic heterocycles. The number of aromatic nitrogens is 3. The van der Waals surface area contributed by atoms with Gasteiger partial charge in [-0.05, 0) is 87.0 Å². The van der Waals surface area contributed by atoms with Gasteiger partial charge in [0, 0.05) is 27.5 Å². The highest BCUT2D eigenvalue weighted by atomic mass is 16.3. The van der Waals surface area contributed by atoms with Crippen LogP contribution in [0.3, 0.4) is 0 Å². The summed E-state index contributed by atoms with van der Waals surface area (Å²) in [6.07, 6.45) is 0. The molecule has 2 heterocycles. The minimum absolute atomic E-state index is 0.613. The predicted octanol–water partition coefficient (Wildman–Crippen LogP) is 13.4. The molecular weight excluding hydrogens is 671 g/mol. The number of hydrogen-bond acceptors (Lipinski definition) is 4. The van der Waals surface area contributed by atoms with Crippen LogP contribution >= 0.6 is 0 Å². The summed E-state index contributed by atoms with van der Waals surface area (Å²) in [7, 11) is 0. The van der Waals surface area contributed by atoms with Crippen molar-refractivity contribution in [1.82, 2.24) is 15.0 Å². The van der Waals surface area contributed by atoms with E-state index in [9.17, 15) is 0 Å². The van der Waals surface area contributed by atoms with E-state index in [2.05, 4.69) is 127 Å². The van der Waals surface area contributed by atoms with Gasteiger partial charge in [0.1, 0.15) is 11.2 Å². The largest absolute Gasteiger partial charge is 0.456 e.